The summed E-state index contributed by atoms with van der Waals surface area (Å²) in [7, 11) is 0. The van der Waals surface area contributed by atoms with Crippen LogP contribution in [-0.2, 0) is 28.6 Å². The molecule has 59 heavy (non-hydrogen) atoms. The minimum absolute atomic E-state index is 0.0945. The Kier molecular flexibility index (Phi) is 45.4. The highest BCUT2D eigenvalue weighted by Crippen LogP contribution is 2.13. The van der Waals surface area contributed by atoms with Gasteiger partial charge in [0, 0.05) is 19.3 Å². The highest BCUT2D eigenvalue weighted by Gasteiger charge is 2.19. The SMILES string of the molecule is CC/C=C\C/C=C\C/C=C\CCCCC(=O)OCC(COC(=O)CCCCCCCCC/C=C\CCCCCC)OC(=O)CCCCC/C=C\CCCCCCCCC. The van der Waals surface area contributed by atoms with Gasteiger partial charge in [0.2, 0.25) is 0 Å². The molecule has 6 heteroatoms. The van der Waals surface area contributed by atoms with E-state index >= 15 is 0 Å². The minimum atomic E-state index is -0.797. The maximum absolute atomic E-state index is 12.8. The third-order valence-corrected chi connectivity index (χ3v) is 10.5. The molecule has 0 aromatic rings. The molecule has 0 aliphatic rings. The molecular weight excluding hydrogens is 733 g/mol. The molecule has 0 fully saturated rings. The first-order valence-electron chi connectivity index (χ1n) is 24.8. The Labute approximate surface area is 364 Å². The Morgan fingerprint density at radius 1 is 0.356 bits per heavy atom. The zero-order valence-corrected chi connectivity index (χ0v) is 38.8. The molecule has 1 unspecified atom stereocenters. The van der Waals surface area contributed by atoms with Gasteiger partial charge in [-0.15, -0.1) is 0 Å². The first-order chi connectivity index (χ1) is 29.0. The first-order valence-corrected chi connectivity index (χ1v) is 24.8. The average Bonchev–Trinajstić information content (AvgIpc) is 3.23. The van der Waals surface area contributed by atoms with Crippen LogP contribution in [0.4, 0.5) is 0 Å². The van der Waals surface area contributed by atoms with Crippen molar-refractivity contribution in [2.75, 3.05) is 13.2 Å². The zero-order valence-electron chi connectivity index (χ0n) is 38.8. The topological polar surface area (TPSA) is 78.9 Å². The lowest BCUT2D eigenvalue weighted by molar-refractivity contribution is -0.167. The van der Waals surface area contributed by atoms with E-state index in [9.17, 15) is 14.4 Å². The highest BCUT2D eigenvalue weighted by molar-refractivity contribution is 5.71. The van der Waals surface area contributed by atoms with Gasteiger partial charge < -0.3 is 14.2 Å². The summed E-state index contributed by atoms with van der Waals surface area (Å²) in [5, 5.41) is 0. The lowest BCUT2D eigenvalue weighted by Crippen LogP contribution is -2.30. The number of rotatable bonds is 44. The van der Waals surface area contributed by atoms with Crippen LogP contribution >= 0.6 is 0 Å². The molecule has 0 saturated heterocycles. The van der Waals surface area contributed by atoms with Gasteiger partial charge in [-0.05, 0) is 103 Å². The number of hydrogen-bond donors (Lipinski definition) is 0. The second kappa shape index (κ2) is 47.8. The van der Waals surface area contributed by atoms with Crippen LogP contribution in [0.3, 0.4) is 0 Å². The monoisotopic (exact) mass is 825 g/mol. The number of esters is 3. The molecule has 0 spiro atoms. The van der Waals surface area contributed by atoms with Crippen LogP contribution in [0.15, 0.2) is 60.8 Å². The first kappa shape index (κ1) is 56.1. The third kappa shape index (κ3) is 46.0. The van der Waals surface area contributed by atoms with E-state index in [1.54, 1.807) is 0 Å². The van der Waals surface area contributed by atoms with E-state index in [1.807, 2.05) is 0 Å². The molecule has 6 nitrogen and oxygen atoms in total. The van der Waals surface area contributed by atoms with Crippen LogP contribution in [0.5, 0.6) is 0 Å². The molecule has 0 aliphatic carbocycles. The van der Waals surface area contributed by atoms with Crippen LogP contribution in [0.2, 0.25) is 0 Å². The normalized spacial score (nSPS) is 12.5. The Hall–Kier alpha value is -2.89. The van der Waals surface area contributed by atoms with Crippen LogP contribution in [0, 0.1) is 0 Å². The molecular formula is C53H92O6. The van der Waals surface area contributed by atoms with E-state index < -0.39 is 6.10 Å². The quantitative estimate of drug-likeness (QED) is 0.0263. The number of carbonyl (C=O) groups excluding carboxylic acids is 3. The van der Waals surface area contributed by atoms with Gasteiger partial charge in [0.15, 0.2) is 6.10 Å². The van der Waals surface area contributed by atoms with Crippen molar-refractivity contribution >= 4 is 17.9 Å². The Balaban J connectivity index is 4.44. The zero-order chi connectivity index (χ0) is 43.0. The summed E-state index contributed by atoms with van der Waals surface area (Å²) in [6.45, 7) is 6.45. The summed E-state index contributed by atoms with van der Waals surface area (Å²) in [5.74, 6) is -0.955. The summed E-state index contributed by atoms with van der Waals surface area (Å²) < 4.78 is 16.7. The molecule has 0 heterocycles. The van der Waals surface area contributed by atoms with Gasteiger partial charge in [0.25, 0.3) is 0 Å². The van der Waals surface area contributed by atoms with Crippen LogP contribution in [-0.4, -0.2) is 37.2 Å². The summed E-state index contributed by atoms with van der Waals surface area (Å²) in [6, 6.07) is 0. The molecule has 0 aliphatic heterocycles. The van der Waals surface area contributed by atoms with Crippen LogP contribution in [0.25, 0.3) is 0 Å². The Morgan fingerprint density at radius 2 is 0.661 bits per heavy atom. The standard InChI is InChI=1S/C53H92O6/c1-4-7-10-13-16-19-22-25-27-29-31-34-37-40-43-46-52(55)58-49-50(48-57-51(54)45-42-39-36-33-30-24-21-18-15-12-9-6-3)59-53(56)47-44-41-38-35-32-28-26-23-20-17-14-11-8-5-2/h9,12,18-19,21-22,28,30,32-33,50H,4-8,10-11,13-17,20,23-27,29,31,34-49H2,1-3H3/b12-9-,21-18-,22-19-,32-28-,33-30-. The molecule has 0 rings (SSSR count). The van der Waals surface area contributed by atoms with Gasteiger partial charge in [0.1, 0.15) is 13.2 Å². The fraction of sp³-hybridized carbons (Fsp3) is 0.755. The van der Waals surface area contributed by atoms with E-state index in [0.29, 0.717) is 19.3 Å². The average molecular weight is 825 g/mol. The van der Waals surface area contributed by atoms with E-state index in [4.69, 9.17) is 14.2 Å². The van der Waals surface area contributed by atoms with E-state index in [0.717, 1.165) is 89.9 Å². The van der Waals surface area contributed by atoms with Gasteiger partial charge in [-0.25, -0.2) is 0 Å². The Morgan fingerprint density at radius 3 is 1.12 bits per heavy atom. The number of ether oxygens (including phenoxy) is 3. The van der Waals surface area contributed by atoms with Gasteiger partial charge >= 0.3 is 17.9 Å². The maximum atomic E-state index is 12.8. The van der Waals surface area contributed by atoms with Gasteiger partial charge in [-0.2, -0.15) is 0 Å². The second-order valence-electron chi connectivity index (χ2n) is 16.3. The maximum Gasteiger partial charge on any atom is 0.306 e. The van der Waals surface area contributed by atoms with Crippen molar-refractivity contribution < 1.29 is 28.6 Å². The van der Waals surface area contributed by atoms with E-state index in [1.165, 1.54) is 109 Å². The fourth-order valence-electron chi connectivity index (χ4n) is 6.74. The smallest absolute Gasteiger partial charge is 0.306 e. The lowest BCUT2D eigenvalue weighted by atomic mass is 10.1. The van der Waals surface area contributed by atoms with Crippen molar-refractivity contribution in [3.8, 4) is 0 Å². The molecule has 340 valence electrons. The van der Waals surface area contributed by atoms with Gasteiger partial charge in [0.05, 0.1) is 0 Å². The molecule has 0 bridgehead atoms. The molecule has 0 radical (unpaired) electrons. The van der Waals surface area contributed by atoms with Crippen molar-refractivity contribution in [2.24, 2.45) is 0 Å². The van der Waals surface area contributed by atoms with Crippen LogP contribution in [0.1, 0.15) is 239 Å². The lowest BCUT2D eigenvalue weighted by Gasteiger charge is -2.18. The highest BCUT2D eigenvalue weighted by atomic mass is 16.6. The van der Waals surface area contributed by atoms with Gasteiger partial charge in [-0.1, -0.05) is 178 Å². The van der Waals surface area contributed by atoms with Crippen molar-refractivity contribution in [2.45, 2.75) is 245 Å². The molecule has 0 N–H and O–H groups in total. The van der Waals surface area contributed by atoms with Crippen molar-refractivity contribution in [3.05, 3.63) is 60.8 Å². The summed E-state index contributed by atoms with van der Waals surface area (Å²) >= 11 is 0. The predicted molar refractivity (Wildman–Crippen MR) is 251 cm³/mol. The number of hydrogen-bond acceptors (Lipinski definition) is 6. The fourth-order valence-corrected chi connectivity index (χ4v) is 6.74. The van der Waals surface area contributed by atoms with Gasteiger partial charge in [-0.3, -0.25) is 14.4 Å². The minimum Gasteiger partial charge on any atom is -0.462 e. The number of unbranched alkanes of at least 4 members (excludes halogenated alkanes) is 23. The largest absolute Gasteiger partial charge is 0.462 e. The summed E-state index contributed by atoms with van der Waals surface area (Å²) in [5.41, 5.74) is 0. The van der Waals surface area contributed by atoms with Crippen molar-refractivity contribution in [1.82, 2.24) is 0 Å². The van der Waals surface area contributed by atoms with E-state index in [2.05, 4.69) is 81.5 Å². The molecule has 0 saturated carbocycles. The number of carbonyl (C=O) groups is 3. The molecule has 0 aromatic carbocycles. The van der Waals surface area contributed by atoms with Crippen LogP contribution < -0.4 is 0 Å². The molecule has 0 amide bonds. The predicted octanol–water partition coefficient (Wildman–Crippen LogP) is 16.1. The van der Waals surface area contributed by atoms with E-state index in [-0.39, 0.29) is 31.1 Å². The number of allylic oxidation sites excluding steroid dienone is 10. The third-order valence-electron chi connectivity index (χ3n) is 10.5. The summed E-state index contributed by atoms with van der Waals surface area (Å²) in [4.78, 5) is 37.9. The van der Waals surface area contributed by atoms with Crippen molar-refractivity contribution in [1.29, 1.82) is 0 Å². The molecule has 0 aromatic heterocycles. The molecule has 1 atom stereocenters. The Bertz CT molecular complexity index is 1090. The summed E-state index contributed by atoms with van der Waals surface area (Å²) in [6.07, 6.45) is 57.8. The van der Waals surface area contributed by atoms with Crippen molar-refractivity contribution in [3.63, 3.8) is 0 Å². The second-order valence-corrected chi connectivity index (χ2v) is 16.3.